The average Bonchev–Trinajstić information content (AvgIpc) is 2.40. The Morgan fingerprint density at radius 2 is 1.50 bits per heavy atom. The summed E-state index contributed by atoms with van der Waals surface area (Å²) in [6, 6.07) is 9.37. The number of unbranched alkanes of at least 4 members (excludes halogenated alkanes) is 2. The largest absolute Gasteiger partial charge is 1.00 e. The van der Waals surface area contributed by atoms with E-state index in [1.807, 2.05) is 30.3 Å². The number of hydrogen-bond acceptors (Lipinski definition) is 1. The van der Waals surface area contributed by atoms with Crippen molar-refractivity contribution >= 4 is 0 Å². The van der Waals surface area contributed by atoms with Gasteiger partial charge in [0.25, 0.3) is 0 Å². The van der Waals surface area contributed by atoms with Gasteiger partial charge in [-0.25, -0.2) is 0 Å². The topological polar surface area (TPSA) is 12.0 Å². The van der Waals surface area contributed by atoms with Gasteiger partial charge in [0, 0.05) is 0 Å². The van der Waals surface area contributed by atoms with Crippen molar-refractivity contribution < 1.29 is 22.4 Å². The monoisotopic (exact) mass is 427 g/mol. The minimum absolute atomic E-state index is 0. The summed E-state index contributed by atoms with van der Waals surface area (Å²) in [6.45, 7) is 6.86. The van der Waals surface area contributed by atoms with Gasteiger partial charge >= 0.3 is 22.4 Å². The number of benzene rings is 1. The van der Waals surface area contributed by atoms with Crippen LogP contribution in [-0.2, 0) is 22.4 Å². The molecule has 0 aliphatic rings. The molecular weight excluding hydrogens is 403 g/mol. The van der Waals surface area contributed by atoms with Crippen LogP contribution in [0.25, 0.3) is 0 Å². The van der Waals surface area contributed by atoms with Crippen LogP contribution < -0.4 is 5.32 Å². The molecule has 0 aliphatic carbocycles. The zero-order valence-electron chi connectivity index (χ0n) is 11.4. The zero-order valence-corrected chi connectivity index (χ0v) is 13.6. The molecule has 1 nitrogen and oxygen atoms in total. The normalized spacial score (nSPS) is 8.50. The van der Waals surface area contributed by atoms with Gasteiger partial charge in [-0.2, -0.15) is 0 Å². The van der Waals surface area contributed by atoms with Crippen molar-refractivity contribution in [3.05, 3.63) is 42.3 Å². The smallest absolute Gasteiger partial charge is 0.366 e. The Morgan fingerprint density at radius 3 is 1.83 bits per heavy atom. The molecule has 0 aliphatic heterocycles. The number of hydrogen-bond donors (Lipinski definition) is 1. The van der Waals surface area contributed by atoms with Crippen molar-refractivity contribution in [2.75, 3.05) is 13.1 Å². The van der Waals surface area contributed by atoms with E-state index < -0.39 is 0 Å². The molecule has 2 heteroatoms. The van der Waals surface area contributed by atoms with Gasteiger partial charge in [0.2, 0.25) is 0 Å². The van der Waals surface area contributed by atoms with Crippen LogP contribution in [0.4, 0.5) is 0 Å². The van der Waals surface area contributed by atoms with Gasteiger partial charge in [0.15, 0.2) is 0 Å². The molecule has 0 bridgehead atoms. The van der Waals surface area contributed by atoms with E-state index in [4.69, 9.17) is 6.42 Å². The molecule has 18 heavy (non-hydrogen) atoms. The summed E-state index contributed by atoms with van der Waals surface area (Å²) in [4.78, 5) is 0. The maximum atomic E-state index is 6.69. The van der Waals surface area contributed by atoms with Crippen LogP contribution in [0.1, 0.15) is 45.1 Å². The third-order valence-electron chi connectivity index (χ3n) is 2.33. The molecule has 1 N–H and O–H groups in total. The van der Waals surface area contributed by atoms with Crippen molar-refractivity contribution in [3.8, 4) is 5.92 Å². The van der Waals surface area contributed by atoms with E-state index in [9.17, 15) is 0 Å². The van der Waals surface area contributed by atoms with Crippen molar-refractivity contribution in [1.82, 2.24) is 5.32 Å². The third-order valence-corrected chi connectivity index (χ3v) is 2.33. The molecule has 0 radical (unpaired) electrons. The Balaban J connectivity index is 0. The minimum atomic E-state index is 0. The van der Waals surface area contributed by atoms with Crippen molar-refractivity contribution in [3.63, 3.8) is 0 Å². The number of nitrogens with one attached hydrogen (secondary N) is 1. The maximum Gasteiger partial charge on any atom is 1.00 e. The summed E-state index contributed by atoms with van der Waals surface area (Å²) in [5.74, 6) is 2.28. The Hall–Kier alpha value is -0.520. The van der Waals surface area contributed by atoms with E-state index in [2.05, 4.69) is 25.1 Å². The van der Waals surface area contributed by atoms with Gasteiger partial charge < -0.3 is 11.7 Å². The molecule has 0 saturated carbocycles. The van der Waals surface area contributed by atoms with Crippen LogP contribution >= 0.6 is 0 Å². The second-order valence-electron chi connectivity index (χ2n) is 3.95. The van der Waals surface area contributed by atoms with Crippen LogP contribution in [0.5, 0.6) is 0 Å². The van der Waals surface area contributed by atoms with Gasteiger partial charge in [-0.15, -0.1) is 17.7 Å². The van der Waals surface area contributed by atoms with E-state index >= 15 is 0 Å². The summed E-state index contributed by atoms with van der Waals surface area (Å²) in [6.07, 6.45) is 11.9. The fourth-order valence-electron chi connectivity index (χ4n) is 1.25. The summed E-state index contributed by atoms with van der Waals surface area (Å²) in [7, 11) is 0. The van der Waals surface area contributed by atoms with Crippen LogP contribution in [0.15, 0.2) is 30.3 Å². The first kappa shape index (κ1) is 19.8. The minimum Gasteiger partial charge on any atom is -0.366 e. The SMILES string of the molecule is CCCCNCCCC.[Au+].[C-]#Cc1ccccc1. The summed E-state index contributed by atoms with van der Waals surface area (Å²) < 4.78 is 0. The first-order valence-electron chi connectivity index (χ1n) is 6.53. The van der Waals surface area contributed by atoms with Crippen LogP contribution in [-0.4, -0.2) is 13.1 Å². The quantitative estimate of drug-likeness (QED) is 0.315. The molecule has 0 amide bonds. The van der Waals surface area contributed by atoms with Gasteiger partial charge in [-0.05, 0) is 25.9 Å². The molecule has 104 valence electrons. The third kappa shape index (κ3) is 13.5. The fraction of sp³-hybridized carbons (Fsp3) is 0.500. The fourth-order valence-corrected chi connectivity index (χ4v) is 1.25. The molecule has 0 heterocycles. The Bertz CT molecular complexity index is 284. The predicted molar refractivity (Wildman–Crippen MR) is 75.4 cm³/mol. The second-order valence-corrected chi connectivity index (χ2v) is 3.95. The Morgan fingerprint density at radius 1 is 1.00 bits per heavy atom. The van der Waals surface area contributed by atoms with E-state index in [0.717, 1.165) is 5.56 Å². The van der Waals surface area contributed by atoms with Crippen LogP contribution in [0, 0.1) is 12.3 Å². The van der Waals surface area contributed by atoms with E-state index in [1.165, 1.54) is 38.8 Å². The Kier molecular flexibility index (Phi) is 18.1. The summed E-state index contributed by atoms with van der Waals surface area (Å²) in [5.41, 5.74) is 0.826. The molecule has 0 atom stereocenters. The molecule has 0 fully saturated rings. The Labute approximate surface area is 128 Å². The van der Waals surface area contributed by atoms with E-state index in [-0.39, 0.29) is 22.4 Å². The van der Waals surface area contributed by atoms with Crippen LogP contribution in [0.2, 0.25) is 0 Å². The summed E-state index contributed by atoms with van der Waals surface area (Å²) in [5, 5.41) is 3.39. The van der Waals surface area contributed by atoms with E-state index in [1.54, 1.807) is 0 Å². The van der Waals surface area contributed by atoms with Gasteiger partial charge in [-0.1, -0.05) is 44.9 Å². The second kappa shape index (κ2) is 16.5. The molecule has 1 aromatic rings. The standard InChI is InChI=1S/C8H19N.C8H5.Au/c1-3-5-7-9-8-6-4-2;1-2-8-6-4-3-5-7-8;/h9H,3-8H2,1-2H3;3-7H;/q;-1;+1. The zero-order chi connectivity index (χ0) is 12.8. The first-order valence-corrected chi connectivity index (χ1v) is 6.53. The predicted octanol–water partition coefficient (Wildman–Crippen LogP) is 3.80. The van der Waals surface area contributed by atoms with Gasteiger partial charge in [0.1, 0.15) is 0 Å². The molecule has 1 rings (SSSR count). The molecule has 0 unspecified atom stereocenters. The van der Waals surface area contributed by atoms with Crippen molar-refractivity contribution in [2.24, 2.45) is 0 Å². The molecule has 0 saturated heterocycles. The van der Waals surface area contributed by atoms with Crippen molar-refractivity contribution in [1.29, 1.82) is 0 Å². The van der Waals surface area contributed by atoms with Crippen molar-refractivity contribution in [2.45, 2.75) is 39.5 Å². The molecule has 0 spiro atoms. The van der Waals surface area contributed by atoms with E-state index in [0.29, 0.717) is 0 Å². The molecule has 1 aromatic carbocycles. The summed E-state index contributed by atoms with van der Waals surface area (Å²) >= 11 is 0. The van der Waals surface area contributed by atoms with Gasteiger partial charge in [0.05, 0.1) is 0 Å². The first-order chi connectivity index (χ1) is 8.35. The van der Waals surface area contributed by atoms with Crippen LogP contribution in [0.3, 0.4) is 0 Å². The molecule has 0 aromatic heterocycles. The molecular formula is C16H24AuN. The van der Waals surface area contributed by atoms with Gasteiger partial charge in [-0.3, -0.25) is 5.92 Å². The maximum absolute atomic E-state index is 6.69. The number of rotatable bonds is 6. The average molecular weight is 427 g/mol.